The monoisotopic (exact) mass is 575 g/mol. The molecule has 0 saturated heterocycles. The standard InChI is InChI=1S/C42H29N3/c1-28-24-37(36-22-20-32-21-23-38(30-14-7-3-8-15-30)45-41(32)42(36)43-28)33-18-11-19-34(25-33)40-27-35(29-12-5-2-6-13-29)26-39(44-40)31-16-9-4-10-17-31/h2-27H,1H3. The first-order chi connectivity index (χ1) is 22.2. The lowest BCUT2D eigenvalue weighted by Gasteiger charge is -2.13. The van der Waals surface area contributed by atoms with Crippen molar-refractivity contribution >= 4 is 21.8 Å². The predicted octanol–water partition coefficient (Wildman–Crippen LogP) is 10.8. The summed E-state index contributed by atoms with van der Waals surface area (Å²) in [4.78, 5) is 15.3. The number of rotatable bonds is 5. The van der Waals surface area contributed by atoms with Crippen molar-refractivity contribution in [2.45, 2.75) is 6.92 Å². The van der Waals surface area contributed by atoms with Crippen LogP contribution in [0.3, 0.4) is 0 Å². The molecule has 0 aliphatic rings. The molecule has 45 heavy (non-hydrogen) atoms. The van der Waals surface area contributed by atoms with Gasteiger partial charge in [0.05, 0.1) is 28.1 Å². The summed E-state index contributed by atoms with van der Waals surface area (Å²) in [6.45, 7) is 2.06. The number of pyridine rings is 3. The van der Waals surface area contributed by atoms with E-state index in [9.17, 15) is 0 Å². The lowest BCUT2D eigenvalue weighted by molar-refractivity contribution is 1.25. The van der Waals surface area contributed by atoms with Crippen LogP contribution in [0.4, 0.5) is 0 Å². The molecule has 0 saturated carbocycles. The van der Waals surface area contributed by atoms with Gasteiger partial charge < -0.3 is 0 Å². The zero-order chi connectivity index (χ0) is 30.2. The SMILES string of the molecule is Cc1cc(-c2cccc(-c3cc(-c4ccccc4)cc(-c4ccccc4)n3)c2)c2ccc3ccc(-c4ccccc4)nc3c2n1. The van der Waals surface area contributed by atoms with Gasteiger partial charge in [0.15, 0.2) is 0 Å². The van der Waals surface area contributed by atoms with Crippen LogP contribution < -0.4 is 0 Å². The van der Waals surface area contributed by atoms with Crippen molar-refractivity contribution in [2.75, 3.05) is 0 Å². The van der Waals surface area contributed by atoms with Crippen LogP contribution in [-0.4, -0.2) is 15.0 Å². The Hall–Kier alpha value is -5.93. The molecule has 0 bridgehead atoms. The summed E-state index contributed by atoms with van der Waals surface area (Å²) < 4.78 is 0. The minimum atomic E-state index is 0.916. The Balaban J connectivity index is 1.29. The van der Waals surface area contributed by atoms with E-state index in [2.05, 4.69) is 140 Å². The second-order valence-electron chi connectivity index (χ2n) is 11.3. The van der Waals surface area contributed by atoms with Gasteiger partial charge in [-0.3, -0.25) is 4.98 Å². The molecule has 0 spiro atoms. The molecule has 212 valence electrons. The van der Waals surface area contributed by atoms with E-state index in [1.165, 1.54) is 5.56 Å². The van der Waals surface area contributed by atoms with Crippen LogP contribution in [0.5, 0.6) is 0 Å². The van der Waals surface area contributed by atoms with E-state index in [4.69, 9.17) is 15.0 Å². The van der Waals surface area contributed by atoms with Gasteiger partial charge in [0.1, 0.15) is 0 Å². The molecule has 3 aromatic heterocycles. The Morgan fingerprint density at radius 3 is 1.64 bits per heavy atom. The Bertz CT molecular complexity index is 2250. The van der Waals surface area contributed by atoms with Gasteiger partial charge in [0.25, 0.3) is 0 Å². The second-order valence-corrected chi connectivity index (χ2v) is 11.3. The topological polar surface area (TPSA) is 38.7 Å². The van der Waals surface area contributed by atoms with Crippen LogP contribution in [0.2, 0.25) is 0 Å². The molecule has 0 amide bonds. The van der Waals surface area contributed by atoms with Gasteiger partial charge in [0, 0.05) is 33.2 Å². The molecule has 0 aliphatic heterocycles. The minimum absolute atomic E-state index is 0.916. The van der Waals surface area contributed by atoms with Gasteiger partial charge in [-0.15, -0.1) is 0 Å². The van der Waals surface area contributed by atoms with Crippen LogP contribution in [-0.2, 0) is 0 Å². The molecular weight excluding hydrogens is 546 g/mol. The van der Waals surface area contributed by atoms with Crippen molar-refractivity contribution < 1.29 is 0 Å². The molecular formula is C42H29N3. The summed E-state index contributed by atoms with van der Waals surface area (Å²) in [6.07, 6.45) is 0. The van der Waals surface area contributed by atoms with E-state index >= 15 is 0 Å². The van der Waals surface area contributed by atoms with Crippen LogP contribution >= 0.6 is 0 Å². The number of hydrogen-bond donors (Lipinski definition) is 0. The van der Waals surface area contributed by atoms with E-state index in [-0.39, 0.29) is 0 Å². The molecule has 8 rings (SSSR count). The third-order valence-corrected chi connectivity index (χ3v) is 8.31. The van der Waals surface area contributed by atoms with Crippen LogP contribution in [0.15, 0.2) is 158 Å². The third kappa shape index (κ3) is 5.15. The first-order valence-electron chi connectivity index (χ1n) is 15.2. The van der Waals surface area contributed by atoms with Gasteiger partial charge in [-0.25, -0.2) is 9.97 Å². The van der Waals surface area contributed by atoms with E-state index < -0.39 is 0 Å². The normalized spacial score (nSPS) is 11.2. The summed E-state index contributed by atoms with van der Waals surface area (Å²) in [6, 6.07) is 55.0. The van der Waals surface area contributed by atoms with E-state index in [0.717, 1.165) is 78.0 Å². The fraction of sp³-hybridized carbons (Fsp3) is 0.0238. The summed E-state index contributed by atoms with van der Waals surface area (Å²) in [5, 5.41) is 2.16. The van der Waals surface area contributed by atoms with Crippen LogP contribution in [0, 0.1) is 6.92 Å². The lowest BCUT2D eigenvalue weighted by Crippen LogP contribution is -1.94. The molecule has 0 aliphatic carbocycles. The maximum absolute atomic E-state index is 5.17. The molecule has 0 N–H and O–H groups in total. The van der Waals surface area contributed by atoms with Gasteiger partial charge in [-0.1, -0.05) is 127 Å². The first kappa shape index (κ1) is 26.7. The van der Waals surface area contributed by atoms with Crippen molar-refractivity contribution in [3.8, 4) is 56.0 Å². The summed E-state index contributed by atoms with van der Waals surface area (Å²) >= 11 is 0. The molecule has 5 aromatic carbocycles. The lowest BCUT2D eigenvalue weighted by atomic mass is 9.95. The average Bonchev–Trinajstić information content (AvgIpc) is 3.12. The molecule has 3 heteroatoms. The Morgan fingerprint density at radius 2 is 0.933 bits per heavy atom. The fourth-order valence-corrected chi connectivity index (χ4v) is 6.09. The van der Waals surface area contributed by atoms with Crippen molar-refractivity contribution in [1.82, 2.24) is 15.0 Å². The first-order valence-corrected chi connectivity index (χ1v) is 15.2. The summed E-state index contributed by atoms with van der Waals surface area (Å²) in [5.74, 6) is 0. The summed E-state index contributed by atoms with van der Waals surface area (Å²) in [5.41, 5.74) is 13.4. The molecule has 3 nitrogen and oxygen atoms in total. The van der Waals surface area contributed by atoms with Crippen molar-refractivity contribution in [2.24, 2.45) is 0 Å². The number of aryl methyl sites for hydroxylation is 1. The molecule has 0 unspecified atom stereocenters. The van der Waals surface area contributed by atoms with Crippen LogP contribution in [0.1, 0.15) is 5.69 Å². The Kier molecular flexibility index (Phi) is 6.69. The summed E-state index contributed by atoms with van der Waals surface area (Å²) in [7, 11) is 0. The predicted molar refractivity (Wildman–Crippen MR) is 187 cm³/mol. The number of aromatic nitrogens is 3. The second kappa shape index (κ2) is 11.3. The largest absolute Gasteiger partial charge is 0.251 e. The van der Waals surface area contributed by atoms with Gasteiger partial charge >= 0.3 is 0 Å². The highest BCUT2D eigenvalue weighted by Crippen LogP contribution is 2.36. The number of hydrogen-bond acceptors (Lipinski definition) is 3. The van der Waals surface area contributed by atoms with Crippen molar-refractivity contribution in [3.05, 3.63) is 163 Å². The van der Waals surface area contributed by atoms with E-state index in [0.29, 0.717) is 0 Å². The zero-order valence-electron chi connectivity index (χ0n) is 24.9. The maximum atomic E-state index is 5.17. The maximum Gasteiger partial charge on any atom is 0.0974 e. The third-order valence-electron chi connectivity index (χ3n) is 8.31. The van der Waals surface area contributed by atoms with Crippen LogP contribution in [0.25, 0.3) is 77.8 Å². The molecule has 8 aromatic rings. The van der Waals surface area contributed by atoms with Gasteiger partial charge in [0.2, 0.25) is 0 Å². The number of benzene rings is 5. The zero-order valence-corrected chi connectivity index (χ0v) is 24.9. The Labute approximate surface area is 262 Å². The highest BCUT2D eigenvalue weighted by atomic mass is 14.8. The fourth-order valence-electron chi connectivity index (χ4n) is 6.09. The number of nitrogens with zero attached hydrogens (tertiary/aromatic N) is 3. The van der Waals surface area contributed by atoms with E-state index in [1.54, 1.807) is 0 Å². The van der Waals surface area contributed by atoms with Crippen molar-refractivity contribution in [3.63, 3.8) is 0 Å². The molecule has 0 atom stereocenters. The van der Waals surface area contributed by atoms with Gasteiger partial charge in [-0.05, 0) is 59.5 Å². The molecule has 0 radical (unpaired) electrons. The minimum Gasteiger partial charge on any atom is -0.251 e. The van der Waals surface area contributed by atoms with Gasteiger partial charge in [-0.2, -0.15) is 0 Å². The Morgan fingerprint density at radius 1 is 0.356 bits per heavy atom. The number of fused-ring (bicyclic) bond motifs is 3. The smallest absolute Gasteiger partial charge is 0.0974 e. The van der Waals surface area contributed by atoms with E-state index in [1.807, 2.05) is 24.3 Å². The van der Waals surface area contributed by atoms with Crippen molar-refractivity contribution in [1.29, 1.82) is 0 Å². The average molecular weight is 576 g/mol. The highest BCUT2D eigenvalue weighted by molar-refractivity contribution is 6.09. The molecule has 3 heterocycles. The molecule has 0 fully saturated rings. The quantitative estimate of drug-likeness (QED) is 0.192. The highest BCUT2D eigenvalue weighted by Gasteiger charge is 2.14.